The maximum atomic E-state index is 11.1. The van der Waals surface area contributed by atoms with Gasteiger partial charge in [-0.2, -0.15) is 0 Å². The van der Waals surface area contributed by atoms with Crippen LogP contribution in [0.2, 0.25) is 0 Å². The SMILES string of the molecule is Cc1ccc2oc(-c3nc(N)ccc3[N+](=O)[O-])cc2c1. The summed E-state index contributed by atoms with van der Waals surface area (Å²) in [5, 5.41) is 11.9. The number of nitrogen functional groups attached to an aromatic ring is 1. The minimum absolute atomic E-state index is 0.130. The highest BCUT2D eigenvalue weighted by Gasteiger charge is 2.20. The zero-order valence-corrected chi connectivity index (χ0v) is 10.7. The normalized spacial score (nSPS) is 10.8. The van der Waals surface area contributed by atoms with Crippen molar-refractivity contribution in [1.29, 1.82) is 0 Å². The van der Waals surface area contributed by atoms with E-state index in [1.807, 2.05) is 25.1 Å². The molecule has 0 atom stereocenters. The topological polar surface area (TPSA) is 95.2 Å². The van der Waals surface area contributed by atoms with Crippen molar-refractivity contribution in [2.24, 2.45) is 0 Å². The summed E-state index contributed by atoms with van der Waals surface area (Å²) in [4.78, 5) is 14.6. The van der Waals surface area contributed by atoms with Gasteiger partial charge in [0.25, 0.3) is 5.69 Å². The lowest BCUT2D eigenvalue weighted by Gasteiger charge is -1.99. The van der Waals surface area contributed by atoms with E-state index < -0.39 is 4.92 Å². The number of anilines is 1. The Morgan fingerprint density at radius 1 is 1.25 bits per heavy atom. The van der Waals surface area contributed by atoms with Crippen LogP contribution in [-0.4, -0.2) is 9.91 Å². The third-order valence-corrected chi connectivity index (χ3v) is 3.00. The molecule has 0 spiro atoms. The van der Waals surface area contributed by atoms with Crippen molar-refractivity contribution in [2.75, 3.05) is 5.73 Å². The Kier molecular flexibility index (Phi) is 2.64. The Balaban J connectivity index is 2.24. The van der Waals surface area contributed by atoms with Crippen LogP contribution >= 0.6 is 0 Å². The van der Waals surface area contributed by atoms with Crippen LogP contribution in [0.3, 0.4) is 0 Å². The number of benzene rings is 1. The molecule has 20 heavy (non-hydrogen) atoms. The van der Waals surface area contributed by atoms with Gasteiger partial charge in [-0.1, -0.05) is 11.6 Å². The molecule has 0 unspecified atom stereocenters. The fourth-order valence-corrected chi connectivity index (χ4v) is 2.08. The Hall–Kier alpha value is -2.89. The van der Waals surface area contributed by atoms with Crippen LogP contribution in [0, 0.1) is 17.0 Å². The van der Waals surface area contributed by atoms with Crippen LogP contribution < -0.4 is 5.73 Å². The second kappa shape index (κ2) is 4.34. The molecule has 0 aliphatic heterocycles. The summed E-state index contributed by atoms with van der Waals surface area (Å²) in [6, 6.07) is 10.1. The molecule has 0 saturated heterocycles. The van der Waals surface area contributed by atoms with E-state index in [0.717, 1.165) is 10.9 Å². The van der Waals surface area contributed by atoms with Gasteiger partial charge in [-0.15, -0.1) is 0 Å². The number of nitrogens with two attached hydrogens (primary N) is 1. The Morgan fingerprint density at radius 3 is 2.80 bits per heavy atom. The van der Waals surface area contributed by atoms with Crippen LogP contribution in [0.25, 0.3) is 22.4 Å². The summed E-state index contributed by atoms with van der Waals surface area (Å²) >= 11 is 0. The highest BCUT2D eigenvalue weighted by molar-refractivity contribution is 5.84. The fraction of sp³-hybridized carbons (Fsp3) is 0.0714. The molecule has 0 bridgehead atoms. The van der Waals surface area contributed by atoms with Gasteiger partial charge >= 0.3 is 0 Å². The average molecular weight is 269 g/mol. The molecule has 2 aromatic heterocycles. The molecule has 0 amide bonds. The van der Waals surface area contributed by atoms with E-state index in [1.165, 1.54) is 12.1 Å². The number of nitro groups is 1. The molecule has 0 saturated carbocycles. The van der Waals surface area contributed by atoms with Gasteiger partial charge in [0.1, 0.15) is 11.4 Å². The first kappa shape index (κ1) is 12.2. The molecule has 6 heteroatoms. The molecule has 100 valence electrons. The minimum Gasteiger partial charge on any atom is -0.454 e. The number of hydrogen-bond donors (Lipinski definition) is 1. The average Bonchev–Trinajstić information content (AvgIpc) is 2.81. The number of rotatable bonds is 2. The maximum Gasteiger partial charge on any atom is 0.298 e. The van der Waals surface area contributed by atoms with Gasteiger partial charge in [0.05, 0.1) is 4.92 Å². The molecule has 3 aromatic rings. The zero-order valence-electron chi connectivity index (χ0n) is 10.7. The second-order valence-electron chi connectivity index (χ2n) is 4.51. The van der Waals surface area contributed by atoms with Crippen molar-refractivity contribution in [2.45, 2.75) is 6.92 Å². The Bertz CT molecular complexity index is 824. The summed E-state index contributed by atoms with van der Waals surface area (Å²) in [5.41, 5.74) is 7.36. The number of nitrogens with zero attached hydrogens (tertiary/aromatic N) is 2. The Morgan fingerprint density at radius 2 is 2.05 bits per heavy atom. The van der Waals surface area contributed by atoms with Gasteiger partial charge in [-0.05, 0) is 31.2 Å². The molecule has 1 aromatic carbocycles. The first-order chi connectivity index (χ1) is 9.54. The molecule has 2 heterocycles. The summed E-state index contributed by atoms with van der Waals surface area (Å²) in [5.74, 6) is 0.548. The first-order valence-electron chi connectivity index (χ1n) is 5.96. The number of hydrogen-bond acceptors (Lipinski definition) is 5. The standard InChI is InChI=1S/C14H11N3O3/c1-8-2-4-11-9(6-8)7-12(20-11)14-10(17(18)19)3-5-13(15)16-14/h2-7H,1H3,(H2,15,16). The smallest absolute Gasteiger partial charge is 0.298 e. The van der Waals surface area contributed by atoms with E-state index in [9.17, 15) is 10.1 Å². The lowest BCUT2D eigenvalue weighted by atomic mass is 10.1. The van der Waals surface area contributed by atoms with Crippen LogP contribution in [0.5, 0.6) is 0 Å². The number of furan rings is 1. The molecule has 0 aliphatic carbocycles. The number of pyridine rings is 1. The van der Waals surface area contributed by atoms with E-state index in [4.69, 9.17) is 10.2 Å². The van der Waals surface area contributed by atoms with Crippen molar-refractivity contribution in [3.05, 3.63) is 52.1 Å². The monoisotopic (exact) mass is 269 g/mol. The predicted octanol–water partition coefficient (Wildman–Crippen LogP) is 3.29. The van der Waals surface area contributed by atoms with Crippen molar-refractivity contribution in [3.8, 4) is 11.5 Å². The molecular formula is C14H11N3O3. The molecule has 0 radical (unpaired) electrons. The van der Waals surface area contributed by atoms with Gasteiger partial charge in [-0.25, -0.2) is 4.98 Å². The first-order valence-corrected chi connectivity index (χ1v) is 5.96. The van der Waals surface area contributed by atoms with E-state index >= 15 is 0 Å². The van der Waals surface area contributed by atoms with Gasteiger partial charge in [0.2, 0.25) is 0 Å². The van der Waals surface area contributed by atoms with Gasteiger partial charge < -0.3 is 10.2 Å². The van der Waals surface area contributed by atoms with Crippen molar-refractivity contribution >= 4 is 22.5 Å². The minimum atomic E-state index is -0.500. The Labute approximate surface area is 114 Å². The third kappa shape index (κ3) is 1.97. The summed E-state index contributed by atoms with van der Waals surface area (Å²) in [7, 11) is 0. The van der Waals surface area contributed by atoms with Gasteiger partial charge in [0, 0.05) is 11.5 Å². The predicted molar refractivity (Wildman–Crippen MR) is 75.2 cm³/mol. The second-order valence-corrected chi connectivity index (χ2v) is 4.51. The number of aromatic nitrogens is 1. The van der Waals surface area contributed by atoms with Crippen molar-refractivity contribution in [1.82, 2.24) is 4.98 Å². The number of aryl methyl sites for hydroxylation is 1. The molecule has 2 N–H and O–H groups in total. The maximum absolute atomic E-state index is 11.1. The molecular weight excluding hydrogens is 258 g/mol. The fourth-order valence-electron chi connectivity index (χ4n) is 2.08. The van der Waals surface area contributed by atoms with Crippen LogP contribution in [0.15, 0.2) is 40.8 Å². The van der Waals surface area contributed by atoms with Gasteiger partial charge in [-0.3, -0.25) is 10.1 Å². The lowest BCUT2D eigenvalue weighted by molar-refractivity contribution is -0.384. The molecule has 0 fully saturated rings. The molecule has 3 rings (SSSR count). The van der Waals surface area contributed by atoms with Crippen LogP contribution in [0.4, 0.5) is 11.5 Å². The molecule has 0 aliphatic rings. The largest absolute Gasteiger partial charge is 0.454 e. The summed E-state index contributed by atoms with van der Waals surface area (Å²) < 4.78 is 5.63. The van der Waals surface area contributed by atoms with Gasteiger partial charge in [0.15, 0.2) is 11.5 Å². The summed E-state index contributed by atoms with van der Waals surface area (Å²) in [6.07, 6.45) is 0. The highest BCUT2D eigenvalue weighted by Crippen LogP contribution is 2.33. The summed E-state index contributed by atoms with van der Waals surface area (Å²) in [6.45, 7) is 1.97. The van der Waals surface area contributed by atoms with Crippen LogP contribution in [-0.2, 0) is 0 Å². The van der Waals surface area contributed by atoms with Crippen LogP contribution in [0.1, 0.15) is 5.56 Å². The highest BCUT2D eigenvalue weighted by atomic mass is 16.6. The van der Waals surface area contributed by atoms with E-state index in [-0.39, 0.29) is 17.2 Å². The quantitative estimate of drug-likeness (QED) is 0.568. The lowest BCUT2D eigenvalue weighted by Crippen LogP contribution is -1.97. The number of fused-ring (bicyclic) bond motifs is 1. The van der Waals surface area contributed by atoms with E-state index in [1.54, 1.807) is 6.07 Å². The van der Waals surface area contributed by atoms with Crippen molar-refractivity contribution < 1.29 is 9.34 Å². The molecule has 6 nitrogen and oxygen atoms in total. The van der Waals surface area contributed by atoms with E-state index in [2.05, 4.69) is 4.98 Å². The third-order valence-electron chi connectivity index (χ3n) is 3.00. The van der Waals surface area contributed by atoms with E-state index in [0.29, 0.717) is 11.3 Å². The van der Waals surface area contributed by atoms with Crippen molar-refractivity contribution in [3.63, 3.8) is 0 Å². The zero-order chi connectivity index (χ0) is 14.3.